The van der Waals surface area contributed by atoms with Gasteiger partial charge in [-0.15, -0.1) is 0 Å². The molecule has 1 rings (SSSR count). The number of halogens is 1. The van der Waals surface area contributed by atoms with Crippen LogP contribution >= 0.6 is 15.9 Å². The molecule has 0 bridgehead atoms. The Balaban J connectivity index is 2.31. The van der Waals surface area contributed by atoms with Gasteiger partial charge in [0, 0.05) is 23.0 Å². The highest BCUT2D eigenvalue weighted by atomic mass is 79.9. The number of carbonyl (C=O) groups excluding carboxylic acids is 2. The molecule has 0 spiro atoms. The molecular formula is C14H17BrN2O4. The quantitative estimate of drug-likeness (QED) is 0.688. The Bertz CT molecular complexity index is 516. The second kappa shape index (κ2) is 8.41. The normalized spacial score (nSPS) is 11.5. The van der Waals surface area contributed by atoms with Crippen molar-refractivity contribution in [1.29, 1.82) is 0 Å². The lowest BCUT2D eigenvalue weighted by Crippen LogP contribution is -2.38. The number of carbonyl (C=O) groups is 3. The Morgan fingerprint density at radius 2 is 1.81 bits per heavy atom. The van der Waals surface area contributed by atoms with Gasteiger partial charge >= 0.3 is 5.97 Å². The molecule has 1 aromatic rings. The highest BCUT2D eigenvalue weighted by Crippen LogP contribution is 2.10. The molecule has 0 fully saturated rings. The number of rotatable bonds is 7. The molecular weight excluding hydrogens is 340 g/mol. The van der Waals surface area contributed by atoms with Gasteiger partial charge in [0.1, 0.15) is 0 Å². The van der Waals surface area contributed by atoms with Crippen LogP contribution in [0.2, 0.25) is 0 Å². The van der Waals surface area contributed by atoms with Crippen molar-refractivity contribution in [2.24, 2.45) is 5.92 Å². The third kappa shape index (κ3) is 6.89. The summed E-state index contributed by atoms with van der Waals surface area (Å²) in [7, 11) is 0. The Kier molecular flexibility index (Phi) is 6.87. The second-order valence-corrected chi connectivity index (χ2v) is 5.61. The standard InChI is InChI=1S/C14H17BrN2O4/c1-9(6-13(19)20)7-16-12(18)8-17-14(21)10-2-4-11(15)5-3-10/h2-5,9H,6-8H2,1H3,(H,16,18)(H,17,21)(H,19,20). The minimum atomic E-state index is -0.903. The van der Waals surface area contributed by atoms with E-state index in [4.69, 9.17) is 5.11 Å². The highest BCUT2D eigenvalue weighted by molar-refractivity contribution is 9.10. The number of amides is 2. The summed E-state index contributed by atoms with van der Waals surface area (Å²) >= 11 is 3.27. The number of nitrogens with one attached hydrogen (secondary N) is 2. The van der Waals surface area contributed by atoms with E-state index in [0.717, 1.165) is 4.47 Å². The summed E-state index contributed by atoms with van der Waals surface area (Å²) in [6.07, 6.45) is -0.00840. The Hall–Kier alpha value is -1.89. The molecule has 6 nitrogen and oxygen atoms in total. The van der Waals surface area contributed by atoms with Crippen LogP contribution in [0.3, 0.4) is 0 Å². The summed E-state index contributed by atoms with van der Waals surface area (Å²) in [5.41, 5.74) is 0.463. The van der Waals surface area contributed by atoms with E-state index in [-0.39, 0.29) is 37.2 Å². The van der Waals surface area contributed by atoms with Gasteiger partial charge in [-0.05, 0) is 30.2 Å². The van der Waals surface area contributed by atoms with E-state index >= 15 is 0 Å². The van der Waals surface area contributed by atoms with Gasteiger partial charge < -0.3 is 15.7 Å². The molecule has 21 heavy (non-hydrogen) atoms. The first-order valence-corrected chi connectivity index (χ1v) is 7.20. The van der Waals surface area contributed by atoms with Crippen LogP contribution in [-0.4, -0.2) is 36.0 Å². The van der Waals surface area contributed by atoms with E-state index < -0.39 is 5.97 Å². The molecule has 0 saturated carbocycles. The van der Waals surface area contributed by atoms with Gasteiger partial charge in [-0.2, -0.15) is 0 Å². The first kappa shape index (κ1) is 17.2. The minimum Gasteiger partial charge on any atom is -0.481 e. The molecule has 0 aromatic heterocycles. The van der Waals surface area contributed by atoms with Crippen molar-refractivity contribution in [3.63, 3.8) is 0 Å². The van der Waals surface area contributed by atoms with Gasteiger partial charge in [-0.25, -0.2) is 0 Å². The van der Waals surface area contributed by atoms with E-state index in [1.54, 1.807) is 31.2 Å². The highest BCUT2D eigenvalue weighted by Gasteiger charge is 2.11. The molecule has 2 amide bonds. The third-order valence-corrected chi connectivity index (χ3v) is 3.22. The predicted molar refractivity (Wildman–Crippen MR) is 80.9 cm³/mol. The first-order chi connectivity index (χ1) is 9.88. The molecule has 114 valence electrons. The van der Waals surface area contributed by atoms with Crippen molar-refractivity contribution in [2.75, 3.05) is 13.1 Å². The van der Waals surface area contributed by atoms with Gasteiger partial charge in [-0.1, -0.05) is 22.9 Å². The number of carboxylic acid groups (broad SMARTS) is 1. The van der Waals surface area contributed by atoms with Crippen LogP contribution in [0.1, 0.15) is 23.7 Å². The van der Waals surface area contributed by atoms with E-state index in [1.165, 1.54) is 0 Å². The Morgan fingerprint density at radius 3 is 2.38 bits per heavy atom. The van der Waals surface area contributed by atoms with Gasteiger partial charge in [0.15, 0.2) is 0 Å². The van der Waals surface area contributed by atoms with Crippen LogP contribution in [0.15, 0.2) is 28.7 Å². The molecule has 1 unspecified atom stereocenters. The maximum absolute atomic E-state index is 11.8. The lowest BCUT2D eigenvalue weighted by Gasteiger charge is -2.11. The second-order valence-electron chi connectivity index (χ2n) is 4.70. The van der Waals surface area contributed by atoms with Crippen LogP contribution < -0.4 is 10.6 Å². The van der Waals surface area contributed by atoms with Gasteiger partial charge in [0.05, 0.1) is 6.54 Å². The maximum atomic E-state index is 11.8. The van der Waals surface area contributed by atoms with Crippen molar-refractivity contribution in [1.82, 2.24) is 10.6 Å². The van der Waals surface area contributed by atoms with Crippen LogP contribution in [0.4, 0.5) is 0 Å². The zero-order chi connectivity index (χ0) is 15.8. The van der Waals surface area contributed by atoms with Gasteiger partial charge in [-0.3, -0.25) is 14.4 Å². The summed E-state index contributed by atoms with van der Waals surface area (Å²) in [5, 5.41) is 13.7. The number of carboxylic acids is 1. The number of benzene rings is 1. The molecule has 0 aliphatic rings. The number of hydrogen-bond donors (Lipinski definition) is 3. The largest absolute Gasteiger partial charge is 0.481 e. The fraction of sp³-hybridized carbons (Fsp3) is 0.357. The Morgan fingerprint density at radius 1 is 1.19 bits per heavy atom. The SMILES string of the molecule is CC(CNC(=O)CNC(=O)c1ccc(Br)cc1)CC(=O)O. The monoisotopic (exact) mass is 356 g/mol. The molecule has 1 atom stereocenters. The molecule has 3 N–H and O–H groups in total. The van der Waals surface area contributed by atoms with E-state index in [9.17, 15) is 14.4 Å². The van der Waals surface area contributed by atoms with Gasteiger partial charge in [0.25, 0.3) is 5.91 Å². The smallest absolute Gasteiger partial charge is 0.303 e. The zero-order valence-corrected chi connectivity index (χ0v) is 13.1. The fourth-order valence-electron chi connectivity index (χ4n) is 1.58. The maximum Gasteiger partial charge on any atom is 0.303 e. The fourth-order valence-corrected chi connectivity index (χ4v) is 1.85. The summed E-state index contributed by atoms with van der Waals surface area (Å²) in [5.74, 6) is -1.75. The zero-order valence-electron chi connectivity index (χ0n) is 11.6. The molecule has 0 saturated heterocycles. The average Bonchev–Trinajstić information content (AvgIpc) is 2.42. The molecule has 0 heterocycles. The summed E-state index contributed by atoms with van der Waals surface area (Å²) in [6, 6.07) is 6.77. The minimum absolute atomic E-state index is 0.00840. The van der Waals surface area contributed by atoms with Gasteiger partial charge in [0.2, 0.25) is 5.91 Å². The topological polar surface area (TPSA) is 95.5 Å². The molecule has 1 aromatic carbocycles. The third-order valence-electron chi connectivity index (χ3n) is 2.69. The van der Waals surface area contributed by atoms with Crippen LogP contribution in [0, 0.1) is 5.92 Å². The van der Waals surface area contributed by atoms with Crippen molar-refractivity contribution in [3.05, 3.63) is 34.3 Å². The number of hydrogen-bond acceptors (Lipinski definition) is 3. The molecule has 7 heteroatoms. The van der Waals surface area contributed by atoms with Crippen molar-refractivity contribution >= 4 is 33.7 Å². The summed E-state index contributed by atoms with van der Waals surface area (Å²) in [6.45, 7) is 1.85. The van der Waals surface area contributed by atoms with Crippen LogP contribution in [-0.2, 0) is 9.59 Å². The average molecular weight is 357 g/mol. The van der Waals surface area contributed by atoms with Crippen molar-refractivity contribution < 1.29 is 19.5 Å². The van der Waals surface area contributed by atoms with Crippen molar-refractivity contribution in [2.45, 2.75) is 13.3 Å². The first-order valence-electron chi connectivity index (χ1n) is 6.40. The summed E-state index contributed by atoms with van der Waals surface area (Å²) < 4.78 is 0.865. The van der Waals surface area contributed by atoms with Crippen LogP contribution in [0.5, 0.6) is 0 Å². The van der Waals surface area contributed by atoms with E-state index in [2.05, 4.69) is 26.6 Å². The van der Waals surface area contributed by atoms with Crippen molar-refractivity contribution in [3.8, 4) is 0 Å². The summed E-state index contributed by atoms with van der Waals surface area (Å²) in [4.78, 5) is 33.8. The lowest BCUT2D eigenvalue weighted by molar-refractivity contribution is -0.138. The predicted octanol–water partition coefficient (Wildman–Crippen LogP) is 1.41. The van der Waals surface area contributed by atoms with E-state index in [0.29, 0.717) is 5.56 Å². The number of aliphatic carboxylic acids is 1. The van der Waals surface area contributed by atoms with Crippen LogP contribution in [0.25, 0.3) is 0 Å². The Labute approximate surface area is 131 Å². The molecule has 0 radical (unpaired) electrons. The molecule has 0 aliphatic heterocycles. The molecule has 0 aliphatic carbocycles. The van der Waals surface area contributed by atoms with E-state index in [1.807, 2.05) is 0 Å². The lowest BCUT2D eigenvalue weighted by atomic mass is 10.1.